The molecule has 3 heteroatoms. The van der Waals surface area contributed by atoms with Crippen molar-refractivity contribution in [1.82, 2.24) is 4.90 Å². The Labute approximate surface area is 132 Å². The molecule has 1 fully saturated rings. The van der Waals surface area contributed by atoms with Crippen molar-refractivity contribution < 1.29 is 5.11 Å². The highest BCUT2D eigenvalue weighted by Crippen LogP contribution is 2.19. The van der Waals surface area contributed by atoms with E-state index >= 15 is 0 Å². The zero-order valence-corrected chi connectivity index (χ0v) is 13.1. The van der Waals surface area contributed by atoms with Crippen LogP contribution in [-0.2, 0) is 6.54 Å². The molecule has 2 aromatic carbocycles. The second-order valence-corrected chi connectivity index (χ2v) is 6.19. The minimum absolute atomic E-state index is 0.0835. The van der Waals surface area contributed by atoms with Crippen LogP contribution in [0.25, 0.3) is 0 Å². The van der Waals surface area contributed by atoms with Crippen LogP contribution in [0.1, 0.15) is 17.5 Å². The Kier molecular flexibility index (Phi) is 4.76. The molecule has 0 unspecified atom stereocenters. The number of aliphatic hydroxyl groups excluding tert-OH is 1. The standard InChI is InChI=1S/C19H24N2O/c1-15-7-9-17(10-8-15)20-18-14-21(12-11-19(18)22)13-16-5-3-2-4-6-16/h2-10,18-20,22H,11-14H2,1H3/t18-,19-/m1/s1. The third-order valence-corrected chi connectivity index (χ3v) is 4.31. The van der Waals surface area contributed by atoms with Crippen LogP contribution < -0.4 is 5.32 Å². The number of nitrogens with one attached hydrogen (secondary N) is 1. The molecule has 1 aliphatic rings. The molecule has 1 heterocycles. The van der Waals surface area contributed by atoms with E-state index in [1.54, 1.807) is 0 Å². The summed E-state index contributed by atoms with van der Waals surface area (Å²) < 4.78 is 0. The Morgan fingerprint density at radius 1 is 1.09 bits per heavy atom. The van der Waals surface area contributed by atoms with Crippen LogP contribution in [0.3, 0.4) is 0 Å². The number of aryl methyl sites for hydroxylation is 1. The van der Waals surface area contributed by atoms with Gasteiger partial charge in [0, 0.05) is 25.3 Å². The van der Waals surface area contributed by atoms with Crippen molar-refractivity contribution in [3.05, 3.63) is 65.7 Å². The van der Waals surface area contributed by atoms with Crippen LogP contribution >= 0.6 is 0 Å². The molecule has 0 saturated carbocycles. The average Bonchev–Trinajstić information content (AvgIpc) is 2.54. The van der Waals surface area contributed by atoms with E-state index in [9.17, 15) is 5.11 Å². The van der Waals surface area contributed by atoms with Gasteiger partial charge in [-0.25, -0.2) is 0 Å². The molecule has 2 aromatic rings. The summed E-state index contributed by atoms with van der Waals surface area (Å²) in [5, 5.41) is 13.8. The second-order valence-electron chi connectivity index (χ2n) is 6.19. The van der Waals surface area contributed by atoms with Gasteiger partial charge in [-0.2, -0.15) is 0 Å². The van der Waals surface area contributed by atoms with Crippen molar-refractivity contribution in [2.75, 3.05) is 18.4 Å². The summed E-state index contributed by atoms with van der Waals surface area (Å²) in [5.41, 5.74) is 3.66. The van der Waals surface area contributed by atoms with Crippen molar-refractivity contribution in [1.29, 1.82) is 0 Å². The van der Waals surface area contributed by atoms with E-state index in [0.29, 0.717) is 0 Å². The first-order valence-corrected chi connectivity index (χ1v) is 7.98. The Morgan fingerprint density at radius 2 is 1.82 bits per heavy atom. The monoisotopic (exact) mass is 296 g/mol. The largest absolute Gasteiger partial charge is 0.391 e. The van der Waals surface area contributed by atoms with Gasteiger partial charge in [0.05, 0.1) is 12.1 Å². The maximum atomic E-state index is 10.3. The third kappa shape index (κ3) is 3.87. The first-order valence-electron chi connectivity index (χ1n) is 7.98. The second kappa shape index (κ2) is 6.95. The average molecular weight is 296 g/mol. The van der Waals surface area contributed by atoms with Crippen molar-refractivity contribution in [3.63, 3.8) is 0 Å². The molecule has 0 aliphatic carbocycles. The highest BCUT2D eigenvalue weighted by atomic mass is 16.3. The van der Waals surface area contributed by atoms with Gasteiger partial charge in [0.15, 0.2) is 0 Å². The van der Waals surface area contributed by atoms with Crippen LogP contribution in [0.15, 0.2) is 54.6 Å². The fraction of sp³-hybridized carbons (Fsp3) is 0.368. The normalized spacial score (nSPS) is 22.5. The molecule has 0 bridgehead atoms. The fourth-order valence-electron chi connectivity index (χ4n) is 3.00. The summed E-state index contributed by atoms with van der Waals surface area (Å²) in [6.45, 7) is 4.84. The van der Waals surface area contributed by atoms with Gasteiger partial charge in [0.1, 0.15) is 0 Å². The number of hydrogen-bond donors (Lipinski definition) is 2. The van der Waals surface area contributed by atoms with Crippen molar-refractivity contribution >= 4 is 5.69 Å². The Morgan fingerprint density at radius 3 is 2.55 bits per heavy atom. The summed E-state index contributed by atoms with van der Waals surface area (Å²) in [4.78, 5) is 2.41. The molecule has 0 radical (unpaired) electrons. The summed E-state index contributed by atoms with van der Waals surface area (Å²) in [7, 11) is 0. The van der Waals surface area contributed by atoms with Gasteiger partial charge >= 0.3 is 0 Å². The number of likely N-dealkylation sites (tertiary alicyclic amines) is 1. The van der Waals surface area contributed by atoms with Crippen LogP contribution in [-0.4, -0.2) is 35.2 Å². The molecule has 1 saturated heterocycles. The minimum Gasteiger partial charge on any atom is -0.391 e. The molecule has 0 amide bonds. The predicted octanol–water partition coefficient (Wildman–Crippen LogP) is 3.04. The number of hydrogen-bond acceptors (Lipinski definition) is 3. The molecule has 0 aromatic heterocycles. The molecule has 1 aliphatic heterocycles. The predicted molar refractivity (Wildman–Crippen MR) is 90.9 cm³/mol. The Balaban J connectivity index is 1.62. The number of nitrogens with zero attached hydrogens (tertiary/aromatic N) is 1. The van der Waals surface area contributed by atoms with Crippen molar-refractivity contribution in [2.24, 2.45) is 0 Å². The van der Waals surface area contributed by atoms with E-state index in [1.807, 2.05) is 6.07 Å². The van der Waals surface area contributed by atoms with Gasteiger partial charge < -0.3 is 10.4 Å². The molecule has 0 spiro atoms. The fourth-order valence-corrected chi connectivity index (χ4v) is 3.00. The molecule has 116 valence electrons. The van der Waals surface area contributed by atoms with Gasteiger partial charge in [-0.1, -0.05) is 48.0 Å². The number of rotatable bonds is 4. The SMILES string of the molecule is Cc1ccc(N[C@@H]2CN(Cc3ccccc3)CC[C@H]2O)cc1. The molecule has 2 N–H and O–H groups in total. The summed E-state index contributed by atoms with van der Waals surface area (Å²) >= 11 is 0. The molecule has 3 nitrogen and oxygen atoms in total. The lowest BCUT2D eigenvalue weighted by molar-refractivity contribution is 0.0666. The van der Waals surface area contributed by atoms with E-state index in [2.05, 4.69) is 65.7 Å². The smallest absolute Gasteiger partial charge is 0.0765 e. The van der Waals surface area contributed by atoms with Gasteiger partial charge in [0.25, 0.3) is 0 Å². The van der Waals surface area contributed by atoms with Crippen LogP contribution in [0.2, 0.25) is 0 Å². The molecular weight excluding hydrogens is 272 g/mol. The number of anilines is 1. The van der Waals surface area contributed by atoms with Crippen molar-refractivity contribution in [3.8, 4) is 0 Å². The van der Waals surface area contributed by atoms with Crippen LogP contribution in [0, 0.1) is 6.92 Å². The summed E-state index contributed by atoms with van der Waals surface area (Å²) in [6, 6.07) is 19.0. The first-order chi connectivity index (χ1) is 10.7. The third-order valence-electron chi connectivity index (χ3n) is 4.31. The maximum absolute atomic E-state index is 10.3. The highest BCUT2D eigenvalue weighted by molar-refractivity contribution is 5.45. The van der Waals surface area contributed by atoms with Gasteiger partial charge in [-0.3, -0.25) is 4.90 Å². The zero-order chi connectivity index (χ0) is 15.4. The van der Waals surface area contributed by atoms with E-state index in [1.165, 1.54) is 11.1 Å². The van der Waals surface area contributed by atoms with Crippen LogP contribution in [0.5, 0.6) is 0 Å². The maximum Gasteiger partial charge on any atom is 0.0765 e. The van der Waals surface area contributed by atoms with E-state index in [-0.39, 0.29) is 12.1 Å². The molecule has 22 heavy (non-hydrogen) atoms. The summed E-state index contributed by atoms with van der Waals surface area (Å²) in [6.07, 6.45) is 0.532. The van der Waals surface area contributed by atoms with Crippen molar-refractivity contribution in [2.45, 2.75) is 32.0 Å². The topological polar surface area (TPSA) is 35.5 Å². The number of piperidine rings is 1. The Bertz CT molecular complexity index is 582. The number of benzene rings is 2. The lowest BCUT2D eigenvalue weighted by atomic mass is 10.0. The molecule has 2 atom stereocenters. The van der Waals surface area contributed by atoms with Gasteiger partial charge in [0.2, 0.25) is 0 Å². The van der Waals surface area contributed by atoms with E-state index < -0.39 is 0 Å². The minimum atomic E-state index is -0.284. The van der Waals surface area contributed by atoms with Gasteiger partial charge in [-0.15, -0.1) is 0 Å². The quantitative estimate of drug-likeness (QED) is 0.910. The zero-order valence-electron chi connectivity index (χ0n) is 13.1. The summed E-state index contributed by atoms with van der Waals surface area (Å²) in [5.74, 6) is 0. The lowest BCUT2D eigenvalue weighted by Gasteiger charge is -2.37. The van der Waals surface area contributed by atoms with Gasteiger partial charge in [-0.05, 0) is 31.0 Å². The number of aliphatic hydroxyl groups is 1. The molecule has 3 rings (SSSR count). The highest BCUT2D eigenvalue weighted by Gasteiger charge is 2.27. The van der Waals surface area contributed by atoms with E-state index in [0.717, 1.165) is 31.7 Å². The Hall–Kier alpha value is -1.84. The van der Waals surface area contributed by atoms with Crippen LogP contribution in [0.4, 0.5) is 5.69 Å². The van der Waals surface area contributed by atoms with E-state index in [4.69, 9.17) is 0 Å². The lowest BCUT2D eigenvalue weighted by Crippen LogP contribution is -2.50. The molecular formula is C19H24N2O. The first kappa shape index (κ1) is 15.1.